The summed E-state index contributed by atoms with van der Waals surface area (Å²) in [6, 6.07) is 12.0. The highest BCUT2D eigenvalue weighted by Crippen LogP contribution is 2.32. The second-order valence-corrected chi connectivity index (χ2v) is 9.19. The number of pyridine rings is 1. The van der Waals surface area contributed by atoms with Crippen molar-refractivity contribution in [2.45, 2.75) is 27.2 Å². The number of anilines is 2. The first-order valence-corrected chi connectivity index (χ1v) is 12.1. The molecule has 0 saturated heterocycles. The third kappa shape index (κ3) is 5.08. The van der Waals surface area contributed by atoms with Crippen LogP contribution in [-0.4, -0.2) is 32.3 Å². The summed E-state index contributed by atoms with van der Waals surface area (Å²) in [6.07, 6.45) is 10.6. The molecule has 0 saturated carbocycles. The van der Waals surface area contributed by atoms with Crippen LogP contribution in [0.4, 0.5) is 11.5 Å². The summed E-state index contributed by atoms with van der Waals surface area (Å²) < 4.78 is 10.1. The van der Waals surface area contributed by atoms with Gasteiger partial charge in [0.1, 0.15) is 28.8 Å². The molecule has 0 radical (unpaired) electrons. The molecule has 4 aromatic rings. The van der Waals surface area contributed by atoms with Crippen molar-refractivity contribution in [1.29, 1.82) is 0 Å². The van der Waals surface area contributed by atoms with Crippen LogP contribution in [0.25, 0.3) is 11.1 Å². The monoisotopic (exact) mass is 481 g/mol. The molecule has 0 fully saturated rings. The van der Waals surface area contributed by atoms with Crippen molar-refractivity contribution in [1.82, 2.24) is 24.5 Å². The molecule has 0 aliphatic carbocycles. The van der Waals surface area contributed by atoms with Crippen molar-refractivity contribution in [2.75, 3.05) is 18.4 Å². The van der Waals surface area contributed by atoms with Crippen molar-refractivity contribution >= 4 is 22.6 Å². The van der Waals surface area contributed by atoms with Gasteiger partial charge in [0.25, 0.3) is 0 Å². The molecule has 4 heterocycles. The number of hydrogen-bond acceptors (Lipinski definition) is 6. The van der Waals surface area contributed by atoms with Crippen LogP contribution in [0.15, 0.2) is 78.0 Å². The molecule has 0 spiro atoms. The number of nitrogens with one attached hydrogen (secondary N) is 2. The Morgan fingerprint density at radius 1 is 1.17 bits per heavy atom. The molecule has 0 unspecified atom stereocenters. The summed E-state index contributed by atoms with van der Waals surface area (Å²) in [6.45, 7) is 7.95. The van der Waals surface area contributed by atoms with Gasteiger partial charge in [0, 0.05) is 49.5 Å². The first-order chi connectivity index (χ1) is 17.5. The molecule has 0 bridgehead atoms. The first kappa shape index (κ1) is 23.6. The first-order valence-electron chi connectivity index (χ1n) is 12.1. The molecule has 184 valence electrons. The van der Waals surface area contributed by atoms with Gasteiger partial charge in [0.05, 0.1) is 0 Å². The molecule has 3 aromatic heterocycles. The lowest BCUT2D eigenvalue weighted by molar-refractivity contribution is 0.475. The number of benzene rings is 1. The predicted molar refractivity (Wildman–Crippen MR) is 143 cm³/mol. The highest BCUT2D eigenvalue weighted by atomic mass is 16.5. The van der Waals surface area contributed by atoms with E-state index < -0.39 is 0 Å². The maximum absolute atomic E-state index is 6.21. The van der Waals surface area contributed by atoms with Crippen molar-refractivity contribution in [2.24, 2.45) is 12.0 Å². The maximum Gasteiger partial charge on any atom is 0.158 e. The fourth-order valence-corrected chi connectivity index (χ4v) is 4.20. The number of nitrogens with zero attached hydrogens (tertiary/aromatic N) is 5. The average Bonchev–Trinajstić information content (AvgIpc) is 3.32. The minimum absolute atomic E-state index is 0.739. The summed E-state index contributed by atoms with van der Waals surface area (Å²) in [4.78, 5) is 9.10. The lowest BCUT2D eigenvalue weighted by Crippen LogP contribution is -2.20. The Kier molecular flexibility index (Phi) is 6.69. The molecule has 1 aromatic carbocycles. The van der Waals surface area contributed by atoms with E-state index in [1.54, 1.807) is 6.33 Å². The van der Waals surface area contributed by atoms with Crippen LogP contribution in [0.5, 0.6) is 11.5 Å². The van der Waals surface area contributed by atoms with E-state index in [4.69, 9.17) is 4.74 Å². The Bertz CT molecular complexity index is 1540. The number of aryl methyl sites for hydroxylation is 2. The average molecular weight is 482 g/mol. The lowest BCUT2D eigenvalue weighted by atomic mass is 10.0. The molecule has 5 rings (SSSR count). The normalized spacial score (nSPS) is 14.0. The number of allylic oxidation sites excluding steroid dienone is 1. The minimum atomic E-state index is 0.739. The molecule has 0 atom stereocenters. The van der Waals surface area contributed by atoms with E-state index in [0.717, 1.165) is 64.7 Å². The van der Waals surface area contributed by atoms with Gasteiger partial charge in [-0.2, -0.15) is 5.10 Å². The van der Waals surface area contributed by atoms with Crippen LogP contribution in [0.3, 0.4) is 0 Å². The highest BCUT2D eigenvalue weighted by molar-refractivity contribution is 5.87. The summed E-state index contributed by atoms with van der Waals surface area (Å²) in [5.74, 6) is 2.31. The van der Waals surface area contributed by atoms with Gasteiger partial charge < -0.3 is 19.9 Å². The van der Waals surface area contributed by atoms with Gasteiger partial charge in [0.15, 0.2) is 5.82 Å². The van der Waals surface area contributed by atoms with Crippen molar-refractivity contribution < 1.29 is 4.74 Å². The zero-order valence-corrected chi connectivity index (χ0v) is 21.1. The molecule has 0 amide bonds. The molecule has 2 N–H and O–H groups in total. The Hall–Kier alpha value is -4.17. The smallest absolute Gasteiger partial charge is 0.158 e. The topological polar surface area (TPSA) is 80.8 Å². The third-order valence-electron chi connectivity index (χ3n) is 6.08. The van der Waals surface area contributed by atoms with Gasteiger partial charge >= 0.3 is 0 Å². The standard InChI is InChI=1S/C28H31N7O/c1-19(2)17-30-26-16-23(9-13-34(26)4)36-25-6-5-22(15-20(25)3)33-28-27-24(21-7-11-29-12-8-21)10-14-35(27)32-18-31-28/h5-7,9-10,13-18,29H,8,11-12H2,1-4H3,(H,31,32,33). The van der Waals surface area contributed by atoms with Crippen molar-refractivity contribution in [3.63, 3.8) is 0 Å². The number of fused-ring (bicyclic) bond motifs is 1. The highest BCUT2D eigenvalue weighted by Gasteiger charge is 2.15. The van der Waals surface area contributed by atoms with Gasteiger partial charge in [-0.25, -0.2) is 14.5 Å². The van der Waals surface area contributed by atoms with Crippen LogP contribution in [0.2, 0.25) is 0 Å². The van der Waals surface area contributed by atoms with Crippen LogP contribution >= 0.6 is 0 Å². The van der Waals surface area contributed by atoms with E-state index in [9.17, 15) is 0 Å². The Morgan fingerprint density at radius 2 is 2.06 bits per heavy atom. The zero-order chi connectivity index (χ0) is 25.1. The zero-order valence-electron chi connectivity index (χ0n) is 21.1. The van der Waals surface area contributed by atoms with E-state index in [1.165, 1.54) is 11.1 Å². The van der Waals surface area contributed by atoms with E-state index in [1.807, 2.05) is 79.8 Å². The number of rotatable bonds is 6. The van der Waals surface area contributed by atoms with Crippen LogP contribution in [-0.2, 0) is 7.05 Å². The molecular weight excluding hydrogens is 450 g/mol. The van der Waals surface area contributed by atoms with Gasteiger partial charge in [-0.05, 0) is 75.2 Å². The maximum atomic E-state index is 6.21. The Balaban J connectivity index is 1.41. The lowest BCUT2D eigenvalue weighted by Gasteiger charge is -2.15. The van der Waals surface area contributed by atoms with E-state index in [0.29, 0.717) is 0 Å². The third-order valence-corrected chi connectivity index (χ3v) is 6.08. The Morgan fingerprint density at radius 3 is 2.83 bits per heavy atom. The molecule has 36 heavy (non-hydrogen) atoms. The summed E-state index contributed by atoms with van der Waals surface area (Å²) in [5, 5.41) is 11.3. The fraction of sp³-hybridized carbons (Fsp3) is 0.250. The minimum Gasteiger partial charge on any atom is -0.457 e. The largest absolute Gasteiger partial charge is 0.457 e. The molecular formula is C28H31N7O. The Labute approximate surface area is 210 Å². The SMILES string of the molecule is CC(C)=CN=c1cc(Oc2ccc(Nc3ncnn4ccc(C5=CCNCC5)c34)cc2C)ccn1C. The number of ether oxygens (including phenoxy) is 1. The number of hydrogen-bond donors (Lipinski definition) is 2. The van der Waals surface area contributed by atoms with E-state index in [-0.39, 0.29) is 0 Å². The summed E-state index contributed by atoms with van der Waals surface area (Å²) in [5.41, 5.74) is 7.38. The number of aromatic nitrogens is 4. The summed E-state index contributed by atoms with van der Waals surface area (Å²) >= 11 is 0. The van der Waals surface area contributed by atoms with Gasteiger partial charge in [-0.1, -0.05) is 11.6 Å². The van der Waals surface area contributed by atoms with E-state index in [2.05, 4.69) is 43.9 Å². The molecule has 8 nitrogen and oxygen atoms in total. The van der Waals surface area contributed by atoms with Crippen LogP contribution < -0.4 is 20.9 Å². The quantitative estimate of drug-likeness (QED) is 0.400. The molecule has 1 aliphatic rings. The van der Waals surface area contributed by atoms with E-state index >= 15 is 0 Å². The predicted octanol–water partition coefficient (Wildman–Crippen LogP) is 5.11. The summed E-state index contributed by atoms with van der Waals surface area (Å²) in [7, 11) is 1.97. The van der Waals surface area contributed by atoms with Crippen molar-refractivity contribution in [3.8, 4) is 11.5 Å². The van der Waals surface area contributed by atoms with Crippen molar-refractivity contribution in [3.05, 3.63) is 89.6 Å². The van der Waals surface area contributed by atoms with Gasteiger partial charge in [-0.3, -0.25) is 0 Å². The van der Waals surface area contributed by atoms with Crippen LogP contribution in [0, 0.1) is 6.92 Å². The molecule has 1 aliphatic heterocycles. The molecule has 8 heteroatoms. The van der Waals surface area contributed by atoms with Gasteiger partial charge in [-0.15, -0.1) is 0 Å². The van der Waals surface area contributed by atoms with Gasteiger partial charge in [0.2, 0.25) is 0 Å². The second-order valence-electron chi connectivity index (χ2n) is 9.19. The second kappa shape index (κ2) is 10.2. The van der Waals surface area contributed by atoms with Crippen LogP contribution in [0.1, 0.15) is 31.4 Å². The fourth-order valence-electron chi connectivity index (χ4n) is 4.20.